The fourth-order valence-electron chi connectivity index (χ4n) is 1.66. The molecule has 0 saturated heterocycles. The largest absolute Gasteiger partial charge is 0.340 e. The third kappa shape index (κ3) is 2.71. The summed E-state index contributed by atoms with van der Waals surface area (Å²) >= 11 is 0. The van der Waals surface area contributed by atoms with Gasteiger partial charge >= 0.3 is 0 Å². The second-order valence-electron chi connectivity index (χ2n) is 4.37. The zero-order valence-electron chi connectivity index (χ0n) is 10.1. The highest BCUT2D eigenvalue weighted by Gasteiger charge is 2.15. The lowest BCUT2D eigenvalue weighted by Gasteiger charge is -2.17. The highest BCUT2D eigenvalue weighted by Crippen LogP contribution is 2.18. The summed E-state index contributed by atoms with van der Waals surface area (Å²) in [7, 11) is 0. The maximum absolute atomic E-state index is 6.12. The fourth-order valence-corrected chi connectivity index (χ4v) is 1.66. The standard InChI is InChI=1S/C11H17N5O/c1-8(2)11(12)9-5-13-7-16(9)4-3-10-14-6-15-17-10/h5-8,11H,3-4,12H2,1-2H3. The van der Waals surface area contributed by atoms with E-state index in [0.29, 0.717) is 18.2 Å². The Kier molecular flexibility index (Phi) is 3.53. The smallest absolute Gasteiger partial charge is 0.228 e. The third-order valence-corrected chi connectivity index (χ3v) is 2.78. The van der Waals surface area contributed by atoms with Crippen LogP contribution in [0.15, 0.2) is 23.4 Å². The van der Waals surface area contributed by atoms with Gasteiger partial charge in [0.05, 0.1) is 12.0 Å². The molecule has 1 atom stereocenters. The van der Waals surface area contributed by atoms with Crippen LogP contribution in [0.25, 0.3) is 0 Å². The van der Waals surface area contributed by atoms with Crippen LogP contribution < -0.4 is 5.73 Å². The summed E-state index contributed by atoms with van der Waals surface area (Å²) in [6.07, 6.45) is 5.70. The molecule has 0 aliphatic heterocycles. The van der Waals surface area contributed by atoms with E-state index < -0.39 is 0 Å². The predicted molar refractivity (Wildman–Crippen MR) is 62.0 cm³/mol. The van der Waals surface area contributed by atoms with Gasteiger partial charge in [-0.1, -0.05) is 19.0 Å². The van der Waals surface area contributed by atoms with E-state index in [2.05, 4.69) is 29.0 Å². The topological polar surface area (TPSA) is 82.8 Å². The molecular weight excluding hydrogens is 218 g/mol. The van der Waals surface area contributed by atoms with Gasteiger partial charge in [0.2, 0.25) is 5.89 Å². The maximum atomic E-state index is 6.12. The minimum atomic E-state index is 0.000171. The van der Waals surface area contributed by atoms with Gasteiger partial charge in [-0.05, 0) is 5.92 Å². The predicted octanol–water partition coefficient (Wildman–Crippen LogP) is 1.16. The number of aryl methyl sites for hydroxylation is 2. The van der Waals surface area contributed by atoms with Crippen LogP contribution in [-0.4, -0.2) is 19.7 Å². The molecule has 0 radical (unpaired) electrons. The summed E-state index contributed by atoms with van der Waals surface area (Å²) < 4.78 is 6.99. The Labute approximate surface area is 99.8 Å². The van der Waals surface area contributed by atoms with Gasteiger partial charge in [-0.2, -0.15) is 4.98 Å². The second-order valence-corrected chi connectivity index (χ2v) is 4.37. The molecule has 0 amide bonds. The number of hydrogen-bond donors (Lipinski definition) is 1. The van der Waals surface area contributed by atoms with E-state index in [0.717, 1.165) is 12.2 Å². The molecule has 2 aromatic rings. The first-order valence-corrected chi connectivity index (χ1v) is 5.69. The van der Waals surface area contributed by atoms with Crippen LogP contribution in [0.3, 0.4) is 0 Å². The zero-order valence-corrected chi connectivity index (χ0v) is 10.1. The van der Waals surface area contributed by atoms with E-state index in [1.54, 1.807) is 6.33 Å². The second kappa shape index (κ2) is 5.09. The van der Waals surface area contributed by atoms with Crippen molar-refractivity contribution >= 4 is 0 Å². The molecule has 2 rings (SSSR count). The Morgan fingerprint density at radius 1 is 1.47 bits per heavy atom. The lowest BCUT2D eigenvalue weighted by atomic mass is 10.0. The molecule has 0 bridgehead atoms. The van der Waals surface area contributed by atoms with Crippen LogP contribution in [0, 0.1) is 5.92 Å². The van der Waals surface area contributed by atoms with Crippen LogP contribution in [-0.2, 0) is 13.0 Å². The first-order chi connectivity index (χ1) is 8.18. The van der Waals surface area contributed by atoms with Crippen molar-refractivity contribution in [2.45, 2.75) is 32.9 Å². The Morgan fingerprint density at radius 2 is 2.29 bits per heavy atom. The molecule has 6 nitrogen and oxygen atoms in total. The minimum Gasteiger partial charge on any atom is -0.340 e. The molecule has 92 valence electrons. The van der Waals surface area contributed by atoms with E-state index in [1.165, 1.54) is 6.33 Å². The number of imidazole rings is 1. The monoisotopic (exact) mass is 235 g/mol. The van der Waals surface area contributed by atoms with Gasteiger partial charge < -0.3 is 14.8 Å². The summed E-state index contributed by atoms with van der Waals surface area (Å²) in [6, 6.07) is 0.000171. The zero-order chi connectivity index (χ0) is 12.3. The normalized spacial score (nSPS) is 13.2. The molecule has 0 spiro atoms. The molecule has 0 aromatic carbocycles. The molecule has 2 aromatic heterocycles. The molecule has 0 fully saturated rings. The molecule has 17 heavy (non-hydrogen) atoms. The van der Waals surface area contributed by atoms with Gasteiger partial charge in [-0.15, -0.1) is 0 Å². The van der Waals surface area contributed by atoms with Crippen molar-refractivity contribution in [3.05, 3.63) is 30.4 Å². The van der Waals surface area contributed by atoms with Crippen LogP contribution in [0.1, 0.15) is 31.5 Å². The van der Waals surface area contributed by atoms with E-state index in [9.17, 15) is 0 Å². The van der Waals surface area contributed by atoms with Crippen LogP contribution >= 0.6 is 0 Å². The van der Waals surface area contributed by atoms with Crippen molar-refractivity contribution in [3.8, 4) is 0 Å². The Morgan fingerprint density at radius 3 is 2.94 bits per heavy atom. The quantitative estimate of drug-likeness (QED) is 0.841. The number of rotatable bonds is 5. The fraction of sp³-hybridized carbons (Fsp3) is 0.545. The van der Waals surface area contributed by atoms with Crippen LogP contribution in [0.2, 0.25) is 0 Å². The number of nitrogens with two attached hydrogens (primary N) is 1. The summed E-state index contributed by atoms with van der Waals surface area (Å²) in [5.74, 6) is 1.01. The molecule has 2 N–H and O–H groups in total. The Hall–Kier alpha value is -1.69. The molecule has 2 heterocycles. The first-order valence-electron chi connectivity index (χ1n) is 5.69. The van der Waals surface area contributed by atoms with Gasteiger partial charge in [0.25, 0.3) is 0 Å². The molecule has 1 unspecified atom stereocenters. The van der Waals surface area contributed by atoms with Crippen LogP contribution in [0.5, 0.6) is 0 Å². The van der Waals surface area contributed by atoms with Crippen molar-refractivity contribution in [2.24, 2.45) is 11.7 Å². The van der Waals surface area contributed by atoms with Crippen molar-refractivity contribution in [1.29, 1.82) is 0 Å². The summed E-state index contributed by atoms with van der Waals surface area (Å²) in [5, 5.41) is 3.57. The van der Waals surface area contributed by atoms with Gasteiger partial charge in [-0.25, -0.2) is 4.98 Å². The number of hydrogen-bond acceptors (Lipinski definition) is 5. The first kappa shape index (κ1) is 11.8. The average Bonchev–Trinajstić information content (AvgIpc) is 2.96. The van der Waals surface area contributed by atoms with Gasteiger partial charge in [0.15, 0.2) is 6.33 Å². The van der Waals surface area contributed by atoms with E-state index in [4.69, 9.17) is 10.3 Å². The molecule has 0 aliphatic rings. The number of aromatic nitrogens is 4. The number of nitrogens with zero attached hydrogens (tertiary/aromatic N) is 4. The van der Waals surface area contributed by atoms with Gasteiger partial charge in [0.1, 0.15) is 0 Å². The summed E-state index contributed by atoms with van der Waals surface area (Å²) in [6.45, 7) is 4.94. The summed E-state index contributed by atoms with van der Waals surface area (Å²) in [5.41, 5.74) is 7.16. The Balaban J connectivity index is 2.04. The van der Waals surface area contributed by atoms with Crippen LogP contribution in [0.4, 0.5) is 0 Å². The molecular formula is C11H17N5O. The molecule has 6 heteroatoms. The van der Waals surface area contributed by atoms with E-state index in [-0.39, 0.29) is 6.04 Å². The van der Waals surface area contributed by atoms with Crippen molar-refractivity contribution in [2.75, 3.05) is 0 Å². The average molecular weight is 235 g/mol. The van der Waals surface area contributed by atoms with Gasteiger partial charge in [-0.3, -0.25) is 0 Å². The van der Waals surface area contributed by atoms with Crippen molar-refractivity contribution in [1.82, 2.24) is 19.7 Å². The maximum Gasteiger partial charge on any atom is 0.228 e. The third-order valence-electron chi connectivity index (χ3n) is 2.78. The van der Waals surface area contributed by atoms with E-state index in [1.807, 2.05) is 10.8 Å². The summed E-state index contributed by atoms with van der Waals surface area (Å²) in [4.78, 5) is 8.12. The Bertz CT molecular complexity index is 448. The van der Waals surface area contributed by atoms with Gasteiger partial charge in [0, 0.05) is 25.2 Å². The lowest BCUT2D eigenvalue weighted by molar-refractivity contribution is 0.368. The van der Waals surface area contributed by atoms with Crippen molar-refractivity contribution in [3.63, 3.8) is 0 Å². The molecule has 0 saturated carbocycles. The molecule has 0 aliphatic carbocycles. The highest BCUT2D eigenvalue weighted by atomic mass is 16.5. The minimum absolute atomic E-state index is 0.000171. The van der Waals surface area contributed by atoms with Crippen molar-refractivity contribution < 1.29 is 4.52 Å². The van der Waals surface area contributed by atoms with E-state index >= 15 is 0 Å². The SMILES string of the molecule is CC(C)C(N)c1cncn1CCc1ncno1. The lowest BCUT2D eigenvalue weighted by Crippen LogP contribution is -2.20. The highest BCUT2D eigenvalue weighted by molar-refractivity contribution is 5.05.